The molecule has 1 aliphatic rings. The molecule has 32 heavy (non-hydrogen) atoms. The van der Waals surface area contributed by atoms with Gasteiger partial charge in [0.15, 0.2) is 0 Å². The second-order valence-electron chi connectivity index (χ2n) is 8.75. The molecule has 1 fully saturated rings. The van der Waals surface area contributed by atoms with E-state index in [9.17, 15) is 4.79 Å². The normalized spacial score (nSPS) is 16.5. The van der Waals surface area contributed by atoms with Gasteiger partial charge in [-0.25, -0.2) is 9.50 Å². The van der Waals surface area contributed by atoms with Crippen molar-refractivity contribution in [2.45, 2.75) is 33.6 Å². The van der Waals surface area contributed by atoms with E-state index in [1.165, 1.54) is 5.56 Å². The Hall–Kier alpha value is -3.19. The Kier molecular flexibility index (Phi) is 5.43. The van der Waals surface area contributed by atoms with Crippen LogP contribution in [0, 0.1) is 26.7 Å². The summed E-state index contributed by atoms with van der Waals surface area (Å²) in [6.45, 7) is 7.77. The smallest absolute Gasteiger partial charge is 0.229 e. The van der Waals surface area contributed by atoms with Gasteiger partial charge in [0.2, 0.25) is 16.0 Å². The van der Waals surface area contributed by atoms with Crippen molar-refractivity contribution in [3.05, 3.63) is 65.4 Å². The molecule has 1 aliphatic heterocycles. The molecular weight excluding hydrogens is 418 g/mol. The molecule has 0 aliphatic carbocycles. The van der Waals surface area contributed by atoms with Crippen molar-refractivity contribution in [2.75, 3.05) is 23.3 Å². The maximum absolute atomic E-state index is 12.9. The molecule has 0 bridgehead atoms. The van der Waals surface area contributed by atoms with Crippen LogP contribution in [0.3, 0.4) is 0 Å². The lowest BCUT2D eigenvalue weighted by Crippen LogP contribution is -2.40. The number of imidazole rings is 1. The Labute approximate surface area is 191 Å². The third-order valence-electron chi connectivity index (χ3n) is 5.93. The van der Waals surface area contributed by atoms with Gasteiger partial charge >= 0.3 is 0 Å². The highest BCUT2D eigenvalue weighted by Gasteiger charge is 2.28. The number of benzene rings is 2. The minimum atomic E-state index is -0.0519. The molecule has 3 heterocycles. The van der Waals surface area contributed by atoms with Gasteiger partial charge in [-0.1, -0.05) is 47.2 Å². The van der Waals surface area contributed by atoms with Gasteiger partial charge in [-0.3, -0.25) is 4.79 Å². The molecule has 1 atom stereocenters. The summed E-state index contributed by atoms with van der Waals surface area (Å²) in [6, 6.07) is 14.5. The van der Waals surface area contributed by atoms with Crippen molar-refractivity contribution in [3.8, 4) is 11.3 Å². The number of fused-ring (bicyclic) bond motifs is 1. The molecule has 6 nitrogen and oxygen atoms in total. The highest BCUT2D eigenvalue weighted by molar-refractivity contribution is 7.20. The molecule has 1 saturated heterocycles. The number of anilines is 2. The van der Waals surface area contributed by atoms with Crippen molar-refractivity contribution >= 4 is 33.0 Å². The zero-order chi connectivity index (χ0) is 22.2. The number of carbonyl (C=O) groups is 1. The Morgan fingerprint density at radius 3 is 2.53 bits per heavy atom. The summed E-state index contributed by atoms with van der Waals surface area (Å²) < 4.78 is 1.86. The maximum atomic E-state index is 12.9. The van der Waals surface area contributed by atoms with Gasteiger partial charge in [-0.15, -0.1) is 5.10 Å². The topological polar surface area (TPSA) is 62.5 Å². The van der Waals surface area contributed by atoms with E-state index in [0.717, 1.165) is 57.6 Å². The second kappa shape index (κ2) is 8.39. The SMILES string of the molecule is Cc1ccc(-c2cn3nc(N4CCC[C@H](C(=O)Nc5cc(C)cc(C)c5)C4)sc3n2)cc1. The van der Waals surface area contributed by atoms with Gasteiger partial charge in [-0.2, -0.15) is 0 Å². The largest absolute Gasteiger partial charge is 0.346 e. The van der Waals surface area contributed by atoms with Crippen LogP contribution in [-0.4, -0.2) is 33.6 Å². The Morgan fingerprint density at radius 2 is 1.81 bits per heavy atom. The van der Waals surface area contributed by atoms with Gasteiger partial charge < -0.3 is 10.2 Å². The summed E-state index contributed by atoms with van der Waals surface area (Å²) in [4.78, 5) is 20.8. The number of aromatic nitrogens is 3. The van der Waals surface area contributed by atoms with E-state index in [-0.39, 0.29) is 11.8 Å². The second-order valence-corrected chi connectivity index (χ2v) is 9.69. The van der Waals surface area contributed by atoms with Gasteiger partial charge in [-0.05, 0) is 56.9 Å². The lowest BCUT2D eigenvalue weighted by atomic mass is 9.97. The molecule has 0 saturated carbocycles. The van der Waals surface area contributed by atoms with Crippen LogP contribution in [0.1, 0.15) is 29.5 Å². The summed E-state index contributed by atoms with van der Waals surface area (Å²) >= 11 is 1.58. The van der Waals surface area contributed by atoms with Crippen LogP contribution >= 0.6 is 11.3 Å². The van der Waals surface area contributed by atoms with Crippen molar-refractivity contribution in [1.29, 1.82) is 0 Å². The molecule has 2 aromatic carbocycles. The highest BCUT2D eigenvalue weighted by Crippen LogP contribution is 2.30. The van der Waals surface area contributed by atoms with E-state index >= 15 is 0 Å². The number of nitrogens with one attached hydrogen (secondary N) is 1. The van der Waals surface area contributed by atoms with E-state index in [1.807, 2.05) is 36.7 Å². The maximum Gasteiger partial charge on any atom is 0.229 e. The highest BCUT2D eigenvalue weighted by atomic mass is 32.1. The molecule has 0 radical (unpaired) electrons. The summed E-state index contributed by atoms with van der Waals surface area (Å²) in [5.41, 5.74) is 6.44. The zero-order valence-corrected chi connectivity index (χ0v) is 19.4. The molecule has 2 aromatic heterocycles. The summed E-state index contributed by atoms with van der Waals surface area (Å²) in [7, 11) is 0. The fraction of sp³-hybridized carbons (Fsp3) is 0.320. The number of hydrogen-bond acceptors (Lipinski definition) is 5. The standard InChI is InChI=1S/C25H27N5OS/c1-16-6-8-19(9-7-16)22-15-30-24(27-22)32-25(28-30)29-10-4-5-20(14-29)23(31)26-21-12-17(2)11-18(3)13-21/h6-9,11-13,15,20H,4-5,10,14H2,1-3H3,(H,26,31)/t20-/m0/s1. The lowest BCUT2D eigenvalue weighted by Gasteiger charge is -2.31. The molecule has 1 amide bonds. The van der Waals surface area contributed by atoms with Gasteiger partial charge in [0, 0.05) is 24.3 Å². The van der Waals surface area contributed by atoms with Crippen LogP contribution in [0.2, 0.25) is 0 Å². The van der Waals surface area contributed by atoms with Crippen LogP contribution in [0.4, 0.5) is 10.8 Å². The third-order valence-corrected chi connectivity index (χ3v) is 6.92. The minimum absolute atomic E-state index is 0.0519. The van der Waals surface area contributed by atoms with Crippen LogP contribution in [0.5, 0.6) is 0 Å². The van der Waals surface area contributed by atoms with Crippen LogP contribution in [0.15, 0.2) is 48.7 Å². The molecule has 7 heteroatoms. The quantitative estimate of drug-likeness (QED) is 0.467. The fourth-order valence-electron chi connectivity index (χ4n) is 4.34. The predicted molar refractivity (Wildman–Crippen MR) is 131 cm³/mol. The molecule has 0 unspecified atom stereocenters. The van der Waals surface area contributed by atoms with Crippen molar-refractivity contribution in [2.24, 2.45) is 5.92 Å². The number of nitrogens with zero attached hydrogens (tertiary/aromatic N) is 4. The number of carbonyl (C=O) groups excluding carboxylic acids is 1. The average molecular weight is 446 g/mol. The van der Waals surface area contributed by atoms with Gasteiger partial charge in [0.1, 0.15) is 0 Å². The van der Waals surface area contributed by atoms with Crippen molar-refractivity contribution in [1.82, 2.24) is 14.6 Å². The number of rotatable bonds is 4. The Bertz CT molecular complexity index is 1220. The first-order chi connectivity index (χ1) is 15.4. The average Bonchev–Trinajstić information content (AvgIpc) is 3.33. The van der Waals surface area contributed by atoms with E-state index < -0.39 is 0 Å². The van der Waals surface area contributed by atoms with Crippen LogP contribution < -0.4 is 10.2 Å². The Morgan fingerprint density at radius 1 is 1.06 bits per heavy atom. The molecule has 0 spiro atoms. The number of piperidine rings is 1. The molecule has 4 aromatic rings. The van der Waals surface area contributed by atoms with E-state index in [2.05, 4.69) is 47.5 Å². The zero-order valence-electron chi connectivity index (χ0n) is 18.6. The van der Waals surface area contributed by atoms with E-state index in [1.54, 1.807) is 11.3 Å². The molecule has 5 rings (SSSR count). The van der Waals surface area contributed by atoms with Crippen LogP contribution in [-0.2, 0) is 4.79 Å². The number of amides is 1. The predicted octanol–water partition coefficient (Wildman–Crippen LogP) is 5.24. The number of hydrogen-bond donors (Lipinski definition) is 1. The first-order valence-electron chi connectivity index (χ1n) is 11.0. The Balaban J connectivity index is 1.29. The van der Waals surface area contributed by atoms with E-state index in [4.69, 9.17) is 10.1 Å². The third kappa shape index (κ3) is 4.25. The van der Waals surface area contributed by atoms with Gasteiger partial charge in [0.25, 0.3) is 0 Å². The monoisotopic (exact) mass is 445 g/mol. The van der Waals surface area contributed by atoms with E-state index in [0.29, 0.717) is 6.54 Å². The minimum Gasteiger partial charge on any atom is -0.346 e. The summed E-state index contributed by atoms with van der Waals surface area (Å²) in [5.74, 6) is 0.0339. The van der Waals surface area contributed by atoms with Crippen molar-refractivity contribution < 1.29 is 4.79 Å². The molecule has 1 N–H and O–H groups in total. The number of aryl methyl sites for hydroxylation is 3. The first-order valence-corrected chi connectivity index (χ1v) is 11.8. The van der Waals surface area contributed by atoms with Gasteiger partial charge in [0.05, 0.1) is 17.8 Å². The summed E-state index contributed by atoms with van der Waals surface area (Å²) in [6.07, 6.45) is 3.85. The van der Waals surface area contributed by atoms with Crippen molar-refractivity contribution in [3.63, 3.8) is 0 Å². The fourth-order valence-corrected chi connectivity index (χ4v) is 5.25. The first kappa shape index (κ1) is 20.7. The van der Waals surface area contributed by atoms with Crippen LogP contribution in [0.25, 0.3) is 16.2 Å². The molecule has 164 valence electrons. The lowest BCUT2D eigenvalue weighted by molar-refractivity contribution is -0.120. The summed E-state index contributed by atoms with van der Waals surface area (Å²) in [5, 5.41) is 8.81. The molecular formula is C25H27N5OS.